The first-order valence-corrected chi connectivity index (χ1v) is 11.3. The van der Waals surface area contributed by atoms with Gasteiger partial charge >= 0.3 is 11.7 Å². The lowest BCUT2D eigenvalue weighted by atomic mass is 9.96. The van der Waals surface area contributed by atoms with Crippen molar-refractivity contribution in [3.63, 3.8) is 0 Å². The maximum Gasteiger partial charge on any atom is 0.338 e. The summed E-state index contributed by atoms with van der Waals surface area (Å²) in [4.78, 5) is 41.6. The van der Waals surface area contributed by atoms with Crippen LogP contribution >= 0.6 is 22.9 Å². The molecule has 1 N–H and O–H groups in total. The Bertz CT molecular complexity index is 1520. The monoisotopic (exact) mass is 499 g/mol. The fourth-order valence-corrected chi connectivity index (χ4v) is 4.85. The van der Waals surface area contributed by atoms with Crippen molar-refractivity contribution in [2.75, 3.05) is 6.61 Å². The average molecular weight is 500 g/mol. The van der Waals surface area contributed by atoms with E-state index >= 15 is 0 Å². The van der Waals surface area contributed by atoms with Crippen LogP contribution < -0.4 is 14.9 Å². The predicted octanol–water partition coefficient (Wildman–Crippen LogP) is 3.07. The molecular formula is C23H18ClN3O6S. The Labute approximate surface area is 201 Å². The van der Waals surface area contributed by atoms with Gasteiger partial charge in [-0.25, -0.2) is 9.79 Å². The van der Waals surface area contributed by atoms with Crippen molar-refractivity contribution in [1.29, 1.82) is 0 Å². The third kappa shape index (κ3) is 4.25. The molecule has 1 unspecified atom stereocenters. The number of nitro groups is 1. The second-order valence-corrected chi connectivity index (χ2v) is 8.80. The molecule has 4 rings (SSSR count). The van der Waals surface area contributed by atoms with Crippen molar-refractivity contribution in [1.82, 2.24) is 4.57 Å². The summed E-state index contributed by atoms with van der Waals surface area (Å²) in [5.74, 6) is -1.05. The zero-order valence-corrected chi connectivity index (χ0v) is 19.6. The van der Waals surface area contributed by atoms with Gasteiger partial charge < -0.3 is 9.84 Å². The number of rotatable bonds is 5. The fraction of sp³-hybridized carbons (Fsp3) is 0.174. The summed E-state index contributed by atoms with van der Waals surface area (Å²) in [5, 5.41) is 21.4. The molecule has 1 aliphatic rings. The van der Waals surface area contributed by atoms with Crippen LogP contribution in [-0.4, -0.2) is 27.2 Å². The minimum atomic E-state index is -0.788. The Kier molecular flexibility index (Phi) is 6.36. The molecular weight excluding hydrogens is 482 g/mol. The van der Waals surface area contributed by atoms with Gasteiger partial charge in [0.15, 0.2) is 10.6 Å². The largest absolute Gasteiger partial charge is 0.502 e. The molecule has 0 spiro atoms. The normalized spacial score (nSPS) is 15.6. The molecule has 2 aromatic carbocycles. The number of carbonyl (C=O) groups excluding carboxylic acids is 1. The molecule has 1 atom stereocenters. The van der Waals surface area contributed by atoms with E-state index in [1.807, 2.05) is 0 Å². The van der Waals surface area contributed by atoms with Gasteiger partial charge in [0.2, 0.25) is 0 Å². The van der Waals surface area contributed by atoms with Gasteiger partial charge in [-0.15, -0.1) is 0 Å². The van der Waals surface area contributed by atoms with Crippen LogP contribution in [-0.2, 0) is 9.53 Å². The maximum atomic E-state index is 13.5. The average Bonchev–Trinajstić information content (AvgIpc) is 3.09. The van der Waals surface area contributed by atoms with E-state index in [9.17, 15) is 24.8 Å². The first-order valence-electron chi connectivity index (χ1n) is 10.1. The molecule has 3 aromatic rings. The topological polar surface area (TPSA) is 124 Å². The molecule has 9 nitrogen and oxygen atoms in total. The summed E-state index contributed by atoms with van der Waals surface area (Å²) in [6.07, 6.45) is 1.48. The van der Waals surface area contributed by atoms with Gasteiger partial charge in [-0.2, -0.15) is 0 Å². The molecule has 1 aliphatic heterocycles. The van der Waals surface area contributed by atoms with E-state index in [4.69, 9.17) is 16.3 Å². The molecule has 0 radical (unpaired) electrons. The van der Waals surface area contributed by atoms with Gasteiger partial charge in [0.25, 0.3) is 5.56 Å². The van der Waals surface area contributed by atoms with Crippen molar-refractivity contribution >= 4 is 40.7 Å². The first-order chi connectivity index (χ1) is 16.2. The van der Waals surface area contributed by atoms with Crippen molar-refractivity contribution in [3.8, 4) is 5.75 Å². The van der Waals surface area contributed by atoms with Crippen molar-refractivity contribution in [3.05, 3.63) is 99.7 Å². The van der Waals surface area contributed by atoms with Gasteiger partial charge in [0, 0.05) is 11.1 Å². The molecule has 0 bridgehead atoms. The standard InChI is InChI=1S/C23H18ClN3O6S/c1-3-33-22(30)19-12(2)25-23-26(20(19)14-5-7-15(24)8-6-14)21(29)18(34-23)11-13-4-9-17(28)16(10-13)27(31)32/h4-11,20,28H,3H2,1-2H3. The van der Waals surface area contributed by atoms with E-state index < -0.39 is 33.9 Å². The highest BCUT2D eigenvalue weighted by Crippen LogP contribution is 2.31. The molecule has 1 aromatic heterocycles. The molecule has 34 heavy (non-hydrogen) atoms. The van der Waals surface area contributed by atoms with E-state index in [-0.39, 0.29) is 16.7 Å². The minimum absolute atomic E-state index is 0.160. The first kappa shape index (κ1) is 23.4. The van der Waals surface area contributed by atoms with E-state index in [2.05, 4.69) is 4.99 Å². The lowest BCUT2D eigenvalue weighted by Crippen LogP contribution is -2.39. The molecule has 0 saturated heterocycles. The number of thiazole rings is 1. The van der Waals surface area contributed by atoms with Crippen LogP contribution in [0.3, 0.4) is 0 Å². The third-order valence-corrected chi connectivity index (χ3v) is 6.43. The van der Waals surface area contributed by atoms with Crippen LogP contribution in [0, 0.1) is 10.1 Å². The number of aromatic hydroxyl groups is 1. The Morgan fingerprint density at radius 2 is 2.03 bits per heavy atom. The number of phenols is 1. The number of nitro benzene ring substituents is 1. The van der Waals surface area contributed by atoms with Gasteiger partial charge in [0.05, 0.1) is 33.4 Å². The second-order valence-electron chi connectivity index (χ2n) is 7.36. The number of esters is 1. The van der Waals surface area contributed by atoms with Crippen molar-refractivity contribution in [2.24, 2.45) is 4.99 Å². The van der Waals surface area contributed by atoms with Gasteiger partial charge in [-0.3, -0.25) is 19.5 Å². The van der Waals surface area contributed by atoms with Crippen LogP contribution in [0.4, 0.5) is 5.69 Å². The van der Waals surface area contributed by atoms with E-state index in [0.717, 1.165) is 11.3 Å². The number of carbonyl (C=O) groups is 1. The van der Waals surface area contributed by atoms with E-state index in [1.165, 1.54) is 28.8 Å². The number of hydrogen-bond donors (Lipinski definition) is 1. The number of aromatic nitrogens is 1. The van der Waals surface area contributed by atoms with Crippen LogP contribution in [0.5, 0.6) is 5.75 Å². The lowest BCUT2D eigenvalue weighted by Gasteiger charge is -2.24. The summed E-state index contributed by atoms with van der Waals surface area (Å²) in [6.45, 7) is 3.53. The highest BCUT2D eigenvalue weighted by atomic mass is 35.5. The zero-order chi connectivity index (χ0) is 24.6. The number of hydrogen-bond acceptors (Lipinski definition) is 8. The Hall–Kier alpha value is -3.76. The smallest absolute Gasteiger partial charge is 0.338 e. The van der Waals surface area contributed by atoms with Crippen LogP contribution in [0.1, 0.15) is 31.0 Å². The van der Waals surface area contributed by atoms with Crippen LogP contribution in [0.25, 0.3) is 6.08 Å². The van der Waals surface area contributed by atoms with E-state index in [1.54, 1.807) is 38.1 Å². The molecule has 11 heteroatoms. The quantitative estimate of drug-likeness (QED) is 0.327. The summed E-state index contributed by atoms with van der Waals surface area (Å²) < 4.78 is 6.91. The zero-order valence-electron chi connectivity index (χ0n) is 18.0. The summed E-state index contributed by atoms with van der Waals surface area (Å²) in [5.41, 5.74) is 0.776. The van der Waals surface area contributed by atoms with Crippen molar-refractivity contribution in [2.45, 2.75) is 19.9 Å². The Balaban J connectivity index is 1.94. The number of halogens is 1. The number of fused-ring (bicyclic) bond motifs is 1. The number of ether oxygens (including phenoxy) is 1. The minimum Gasteiger partial charge on any atom is -0.502 e. The fourth-order valence-electron chi connectivity index (χ4n) is 3.68. The lowest BCUT2D eigenvalue weighted by molar-refractivity contribution is -0.385. The number of benzene rings is 2. The highest BCUT2D eigenvalue weighted by molar-refractivity contribution is 7.07. The molecule has 0 saturated carbocycles. The molecule has 0 fully saturated rings. The van der Waals surface area contributed by atoms with E-state index in [0.29, 0.717) is 26.6 Å². The summed E-state index contributed by atoms with van der Waals surface area (Å²) in [7, 11) is 0. The second kappa shape index (κ2) is 9.24. The number of nitrogens with zero attached hydrogens (tertiary/aromatic N) is 3. The third-order valence-electron chi connectivity index (χ3n) is 5.20. The molecule has 0 aliphatic carbocycles. The van der Waals surface area contributed by atoms with Gasteiger partial charge in [0.1, 0.15) is 0 Å². The van der Waals surface area contributed by atoms with Crippen LogP contribution in [0.15, 0.2) is 63.5 Å². The Morgan fingerprint density at radius 3 is 2.68 bits per heavy atom. The molecule has 2 heterocycles. The van der Waals surface area contributed by atoms with Crippen molar-refractivity contribution < 1.29 is 19.6 Å². The number of phenolic OH excluding ortho intramolecular Hbond substituents is 1. The van der Waals surface area contributed by atoms with Gasteiger partial charge in [-0.05, 0) is 49.2 Å². The number of allylic oxidation sites excluding steroid dienone is 1. The van der Waals surface area contributed by atoms with Crippen LogP contribution in [0.2, 0.25) is 5.02 Å². The summed E-state index contributed by atoms with van der Waals surface area (Å²) in [6, 6.07) is 9.84. The Morgan fingerprint density at radius 1 is 1.32 bits per heavy atom. The summed E-state index contributed by atoms with van der Waals surface area (Å²) >= 11 is 7.13. The SMILES string of the molecule is CCOC(=O)C1=C(C)N=c2sc(=Cc3ccc(O)c([N+](=O)[O-])c3)c(=O)n2C1c1ccc(Cl)cc1. The molecule has 0 amide bonds. The predicted molar refractivity (Wildman–Crippen MR) is 127 cm³/mol. The highest BCUT2D eigenvalue weighted by Gasteiger charge is 2.33. The molecule has 174 valence electrons. The maximum absolute atomic E-state index is 13.5. The van der Waals surface area contributed by atoms with Gasteiger partial charge in [-0.1, -0.05) is 41.1 Å².